The Morgan fingerprint density at radius 2 is 1.87 bits per heavy atom. The van der Waals surface area contributed by atoms with Gasteiger partial charge in [-0.05, 0) is 18.6 Å². The van der Waals surface area contributed by atoms with E-state index in [4.69, 9.17) is 4.74 Å². The molecular weight excluding hydrogens is 188 g/mol. The highest BCUT2D eigenvalue weighted by atomic mass is 16.5. The van der Waals surface area contributed by atoms with Gasteiger partial charge >= 0.3 is 0 Å². The largest absolute Gasteiger partial charge is 0.486 e. The Bertz CT molecular complexity index is 348. The molecule has 82 valence electrons. The van der Waals surface area contributed by atoms with Crippen molar-refractivity contribution in [1.82, 2.24) is 0 Å². The number of carbonyl (C=O) groups is 1. The van der Waals surface area contributed by atoms with Crippen molar-refractivity contribution in [1.29, 1.82) is 0 Å². The highest BCUT2D eigenvalue weighted by Gasteiger charge is 2.21. The molecule has 2 nitrogen and oxygen atoms in total. The van der Waals surface area contributed by atoms with E-state index in [2.05, 4.69) is 0 Å². The zero-order chi connectivity index (χ0) is 11.5. The number of ketones is 1. The van der Waals surface area contributed by atoms with Crippen LogP contribution in [0.1, 0.15) is 26.3 Å². The van der Waals surface area contributed by atoms with Crippen LogP contribution in [0.25, 0.3) is 0 Å². The van der Waals surface area contributed by atoms with E-state index in [0.717, 1.165) is 11.3 Å². The molecule has 0 fully saturated rings. The summed E-state index contributed by atoms with van der Waals surface area (Å²) < 4.78 is 5.48. The molecule has 0 unspecified atom stereocenters. The molecule has 0 aliphatic heterocycles. The normalized spacial score (nSPS) is 11.2. The summed E-state index contributed by atoms with van der Waals surface area (Å²) in [5.41, 5.74) is 0.724. The Morgan fingerprint density at radius 1 is 1.27 bits per heavy atom. The zero-order valence-electron chi connectivity index (χ0n) is 9.83. The molecular formula is C13H18O2. The molecule has 0 heterocycles. The number of benzene rings is 1. The molecule has 15 heavy (non-hydrogen) atoms. The van der Waals surface area contributed by atoms with Crippen LogP contribution in [0.5, 0.6) is 5.75 Å². The summed E-state index contributed by atoms with van der Waals surface area (Å²) in [4.78, 5) is 11.6. The maximum absolute atomic E-state index is 11.6. The van der Waals surface area contributed by atoms with Crippen molar-refractivity contribution in [3.05, 3.63) is 29.8 Å². The number of ether oxygens (including phenoxy) is 1. The molecule has 0 aliphatic rings. The van der Waals surface area contributed by atoms with Gasteiger partial charge in [0, 0.05) is 5.41 Å². The lowest BCUT2D eigenvalue weighted by atomic mass is 9.91. The average molecular weight is 206 g/mol. The van der Waals surface area contributed by atoms with E-state index in [0.29, 0.717) is 0 Å². The first-order valence-corrected chi connectivity index (χ1v) is 5.13. The van der Waals surface area contributed by atoms with Crippen LogP contribution in [0.3, 0.4) is 0 Å². The number of hydrogen-bond donors (Lipinski definition) is 0. The smallest absolute Gasteiger partial charge is 0.175 e. The molecule has 2 heteroatoms. The summed E-state index contributed by atoms with van der Waals surface area (Å²) in [6.07, 6.45) is 0. The number of para-hydroxylation sites is 1. The minimum absolute atomic E-state index is 0.116. The molecule has 0 N–H and O–H groups in total. The maximum Gasteiger partial charge on any atom is 0.175 e. The van der Waals surface area contributed by atoms with Crippen LogP contribution >= 0.6 is 0 Å². The minimum atomic E-state index is -0.331. The Kier molecular flexibility index (Phi) is 3.51. The Morgan fingerprint density at radius 3 is 2.40 bits per heavy atom. The summed E-state index contributed by atoms with van der Waals surface area (Å²) in [5.74, 6) is 0.904. The van der Waals surface area contributed by atoms with E-state index >= 15 is 0 Å². The average Bonchev–Trinajstić information content (AvgIpc) is 2.14. The first-order chi connectivity index (χ1) is 6.91. The van der Waals surface area contributed by atoms with E-state index in [1.807, 2.05) is 52.0 Å². The molecule has 0 amide bonds. The maximum atomic E-state index is 11.6. The van der Waals surface area contributed by atoms with Gasteiger partial charge in [-0.25, -0.2) is 0 Å². The summed E-state index contributed by atoms with van der Waals surface area (Å²) in [5, 5.41) is 0. The molecule has 0 saturated heterocycles. The quantitative estimate of drug-likeness (QED) is 0.760. The number of hydrogen-bond acceptors (Lipinski definition) is 2. The number of carbonyl (C=O) groups excluding carboxylic acids is 1. The predicted octanol–water partition coefficient (Wildman–Crippen LogP) is 2.99. The van der Waals surface area contributed by atoms with Crippen molar-refractivity contribution in [3.8, 4) is 5.75 Å². The van der Waals surface area contributed by atoms with E-state index in [1.165, 1.54) is 0 Å². The molecule has 1 rings (SSSR count). The second-order valence-corrected chi connectivity index (χ2v) is 4.73. The summed E-state index contributed by atoms with van der Waals surface area (Å²) >= 11 is 0. The lowest BCUT2D eigenvalue weighted by Crippen LogP contribution is -2.26. The fraction of sp³-hybridized carbons (Fsp3) is 0.462. The van der Waals surface area contributed by atoms with Gasteiger partial charge in [-0.3, -0.25) is 4.79 Å². The summed E-state index contributed by atoms with van der Waals surface area (Å²) in [7, 11) is 0. The van der Waals surface area contributed by atoms with Crippen LogP contribution < -0.4 is 4.74 Å². The lowest BCUT2D eigenvalue weighted by Gasteiger charge is -2.17. The molecule has 0 atom stereocenters. The minimum Gasteiger partial charge on any atom is -0.486 e. The zero-order valence-corrected chi connectivity index (χ0v) is 9.83. The van der Waals surface area contributed by atoms with Crippen molar-refractivity contribution in [2.75, 3.05) is 6.61 Å². The molecule has 0 spiro atoms. The third-order valence-corrected chi connectivity index (χ3v) is 2.29. The molecule has 0 aromatic heterocycles. The molecule has 0 bridgehead atoms. The van der Waals surface area contributed by atoms with Crippen LogP contribution in [-0.2, 0) is 4.79 Å². The highest BCUT2D eigenvalue weighted by molar-refractivity contribution is 5.85. The molecule has 0 aliphatic carbocycles. The van der Waals surface area contributed by atoms with E-state index < -0.39 is 0 Å². The van der Waals surface area contributed by atoms with E-state index in [9.17, 15) is 4.79 Å². The fourth-order valence-electron chi connectivity index (χ4n) is 1.08. The van der Waals surface area contributed by atoms with Crippen molar-refractivity contribution >= 4 is 5.78 Å². The van der Waals surface area contributed by atoms with Crippen LogP contribution in [-0.4, -0.2) is 12.4 Å². The van der Waals surface area contributed by atoms with Gasteiger partial charge in [0.25, 0.3) is 0 Å². The van der Waals surface area contributed by atoms with Gasteiger partial charge in [0.2, 0.25) is 0 Å². The summed E-state index contributed by atoms with van der Waals surface area (Å²) in [6.45, 7) is 7.81. The van der Waals surface area contributed by atoms with Crippen LogP contribution in [0.2, 0.25) is 0 Å². The van der Waals surface area contributed by atoms with Crippen LogP contribution in [0, 0.1) is 12.3 Å². The third kappa shape index (κ3) is 3.39. The van der Waals surface area contributed by atoms with Gasteiger partial charge in [-0.1, -0.05) is 39.0 Å². The SMILES string of the molecule is Cc1ccccc1OCC(=O)C(C)(C)C. The first kappa shape index (κ1) is 11.8. The number of Topliss-reactive ketones (excluding diaryl/α,β-unsaturated/α-hetero) is 1. The van der Waals surface area contributed by atoms with E-state index in [-0.39, 0.29) is 17.8 Å². The first-order valence-electron chi connectivity index (χ1n) is 5.13. The van der Waals surface area contributed by atoms with Gasteiger partial charge in [-0.15, -0.1) is 0 Å². The van der Waals surface area contributed by atoms with Gasteiger partial charge in [0.1, 0.15) is 12.4 Å². The monoisotopic (exact) mass is 206 g/mol. The molecule has 0 saturated carbocycles. The van der Waals surface area contributed by atoms with Crippen molar-refractivity contribution in [2.24, 2.45) is 5.41 Å². The Hall–Kier alpha value is -1.31. The Balaban J connectivity index is 2.59. The highest BCUT2D eigenvalue weighted by Crippen LogP contribution is 2.19. The van der Waals surface area contributed by atoms with Crippen molar-refractivity contribution in [2.45, 2.75) is 27.7 Å². The second kappa shape index (κ2) is 4.47. The van der Waals surface area contributed by atoms with Gasteiger partial charge < -0.3 is 4.74 Å². The second-order valence-electron chi connectivity index (χ2n) is 4.73. The van der Waals surface area contributed by atoms with Gasteiger partial charge in [0.15, 0.2) is 5.78 Å². The third-order valence-electron chi connectivity index (χ3n) is 2.29. The summed E-state index contributed by atoms with van der Waals surface area (Å²) in [6, 6.07) is 7.71. The van der Waals surface area contributed by atoms with Crippen molar-refractivity contribution < 1.29 is 9.53 Å². The van der Waals surface area contributed by atoms with Gasteiger partial charge in [0.05, 0.1) is 0 Å². The Labute approximate surface area is 91.3 Å². The van der Waals surface area contributed by atoms with Gasteiger partial charge in [-0.2, -0.15) is 0 Å². The predicted molar refractivity (Wildman–Crippen MR) is 61.1 cm³/mol. The number of rotatable bonds is 3. The lowest BCUT2D eigenvalue weighted by molar-refractivity contribution is -0.128. The molecule has 1 aromatic rings. The van der Waals surface area contributed by atoms with Crippen LogP contribution in [0.15, 0.2) is 24.3 Å². The van der Waals surface area contributed by atoms with E-state index in [1.54, 1.807) is 0 Å². The topological polar surface area (TPSA) is 26.3 Å². The standard InChI is InChI=1S/C13H18O2/c1-10-7-5-6-8-11(10)15-9-12(14)13(2,3)4/h5-8H,9H2,1-4H3. The number of aryl methyl sites for hydroxylation is 1. The van der Waals surface area contributed by atoms with Crippen molar-refractivity contribution in [3.63, 3.8) is 0 Å². The molecule has 0 radical (unpaired) electrons. The van der Waals surface area contributed by atoms with Crippen LogP contribution in [0.4, 0.5) is 0 Å². The fourth-order valence-corrected chi connectivity index (χ4v) is 1.08. The molecule has 1 aromatic carbocycles.